The Hall–Kier alpha value is -4.06. The van der Waals surface area contributed by atoms with Crippen molar-refractivity contribution in [3.8, 4) is 11.5 Å². The number of pyridine rings is 1. The number of amides is 1. The average Bonchev–Trinajstić information content (AvgIpc) is 2.86. The van der Waals surface area contributed by atoms with Crippen molar-refractivity contribution in [3.05, 3.63) is 105 Å². The number of nitrogens with one attached hydrogen (secondary N) is 1. The lowest BCUT2D eigenvalue weighted by atomic mass is 10.0. The summed E-state index contributed by atoms with van der Waals surface area (Å²) in [5.74, 6) is 0.828. The fourth-order valence-corrected chi connectivity index (χ4v) is 4.01. The number of H-pyrrole nitrogens is 1. The van der Waals surface area contributed by atoms with E-state index in [-0.39, 0.29) is 18.0 Å². The van der Waals surface area contributed by atoms with Crippen LogP contribution in [0.2, 0.25) is 0 Å². The summed E-state index contributed by atoms with van der Waals surface area (Å²) in [5, 5.41) is 0.938. The molecule has 4 rings (SSSR count). The van der Waals surface area contributed by atoms with E-state index in [4.69, 9.17) is 9.47 Å². The van der Waals surface area contributed by atoms with Gasteiger partial charge in [0.05, 0.1) is 26.3 Å². The van der Waals surface area contributed by atoms with Crippen LogP contribution in [0.3, 0.4) is 0 Å². The molecule has 1 heterocycles. The molecule has 0 atom stereocenters. The van der Waals surface area contributed by atoms with Crippen LogP contribution in [-0.2, 0) is 13.1 Å². The Morgan fingerprint density at radius 3 is 2.21 bits per heavy atom. The third-order valence-electron chi connectivity index (χ3n) is 6.09. The number of carbonyl (C=O) groups is 1. The van der Waals surface area contributed by atoms with Crippen molar-refractivity contribution in [1.82, 2.24) is 9.88 Å². The van der Waals surface area contributed by atoms with Crippen LogP contribution < -0.4 is 15.0 Å². The lowest BCUT2D eigenvalue weighted by Crippen LogP contribution is -2.32. The molecule has 1 aromatic heterocycles. The molecule has 0 saturated heterocycles. The topological polar surface area (TPSA) is 71.6 Å². The molecular formula is C28H28N2O4. The van der Waals surface area contributed by atoms with Gasteiger partial charge in [0.25, 0.3) is 11.5 Å². The number of methoxy groups -OCH3 is 2. The van der Waals surface area contributed by atoms with Gasteiger partial charge in [-0.1, -0.05) is 42.5 Å². The monoisotopic (exact) mass is 456 g/mol. The zero-order valence-corrected chi connectivity index (χ0v) is 19.8. The molecule has 0 radical (unpaired) electrons. The van der Waals surface area contributed by atoms with Gasteiger partial charge in [-0.25, -0.2) is 0 Å². The van der Waals surface area contributed by atoms with Crippen molar-refractivity contribution >= 4 is 16.8 Å². The molecule has 0 aliphatic carbocycles. The summed E-state index contributed by atoms with van der Waals surface area (Å²) >= 11 is 0. The molecule has 6 heteroatoms. The number of aromatic amines is 1. The van der Waals surface area contributed by atoms with Gasteiger partial charge in [-0.3, -0.25) is 9.59 Å². The minimum atomic E-state index is -0.222. The van der Waals surface area contributed by atoms with Gasteiger partial charge < -0.3 is 19.4 Å². The van der Waals surface area contributed by atoms with E-state index in [1.807, 2.05) is 62.4 Å². The third-order valence-corrected chi connectivity index (χ3v) is 6.09. The van der Waals surface area contributed by atoms with Gasteiger partial charge in [-0.05, 0) is 54.1 Å². The van der Waals surface area contributed by atoms with Crippen molar-refractivity contribution in [2.75, 3.05) is 14.2 Å². The van der Waals surface area contributed by atoms with Crippen molar-refractivity contribution in [3.63, 3.8) is 0 Å². The summed E-state index contributed by atoms with van der Waals surface area (Å²) in [4.78, 5) is 31.4. The van der Waals surface area contributed by atoms with Gasteiger partial charge in [-0.15, -0.1) is 0 Å². The van der Waals surface area contributed by atoms with E-state index in [0.717, 1.165) is 27.6 Å². The number of nitrogens with zero attached hydrogens (tertiary/aromatic N) is 1. The Bertz CT molecular complexity index is 1370. The minimum Gasteiger partial charge on any atom is -0.497 e. The number of aromatic nitrogens is 1. The molecule has 0 unspecified atom stereocenters. The second-order valence-electron chi connectivity index (χ2n) is 8.34. The smallest absolute Gasteiger partial charge is 0.254 e. The summed E-state index contributed by atoms with van der Waals surface area (Å²) in [6, 6.07) is 20.7. The van der Waals surface area contributed by atoms with Crippen LogP contribution >= 0.6 is 0 Å². The van der Waals surface area contributed by atoms with Crippen molar-refractivity contribution < 1.29 is 14.3 Å². The number of aryl methyl sites for hydroxylation is 2. The molecule has 3 aromatic carbocycles. The third kappa shape index (κ3) is 4.81. The Balaban J connectivity index is 1.75. The number of ether oxygens (including phenoxy) is 2. The van der Waals surface area contributed by atoms with Crippen LogP contribution in [0.25, 0.3) is 10.9 Å². The number of hydrogen-bond acceptors (Lipinski definition) is 4. The van der Waals surface area contributed by atoms with E-state index in [0.29, 0.717) is 29.2 Å². The Kier molecular flexibility index (Phi) is 6.68. The molecule has 0 fully saturated rings. The van der Waals surface area contributed by atoms with Gasteiger partial charge >= 0.3 is 0 Å². The largest absolute Gasteiger partial charge is 0.497 e. The first-order valence-electron chi connectivity index (χ1n) is 11.1. The van der Waals surface area contributed by atoms with Crippen molar-refractivity contribution in [1.29, 1.82) is 0 Å². The number of carbonyl (C=O) groups excluding carboxylic acids is 1. The average molecular weight is 457 g/mol. The van der Waals surface area contributed by atoms with E-state index >= 15 is 0 Å². The highest BCUT2D eigenvalue weighted by Gasteiger charge is 2.20. The predicted molar refractivity (Wildman–Crippen MR) is 134 cm³/mol. The normalized spacial score (nSPS) is 10.8. The van der Waals surface area contributed by atoms with E-state index in [2.05, 4.69) is 4.98 Å². The molecule has 34 heavy (non-hydrogen) atoms. The SMILES string of the molecule is COc1cc(OC)cc(C(=O)N(Cc2ccccc2)Cc2cc3ccc(C)c(C)c3[nH]c2=O)c1. The zero-order valence-electron chi connectivity index (χ0n) is 19.8. The van der Waals surface area contributed by atoms with Crippen LogP contribution in [0.15, 0.2) is 71.5 Å². The first-order chi connectivity index (χ1) is 16.4. The molecule has 0 bridgehead atoms. The standard InChI is InChI=1S/C28H28N2O4/c1-18-10-11-21-12-23(27(31)29-26(21)19(18)2)17-30(16-20-8-6-5-7-9-20)28(32)22-13-24(33-3)15-25(14-22)34-4/h5-15H,16-17H2,1-4H3,(H,29,31). The highest BCUT2D eigenvalue weighted by molar-refractivity contribution is 5.95. The van der Waals surface area contributed by atoms with Crippen LogP contribution in [0.4, 0.5) is 0 Å². The van der Waals surface area contributed by atoms with E-state index in [1.54, 1.807) is 37.3 Å². The van der Waals surface area contributed by atoms with Crippen LogP contribution in [0, 0.1) is 13.8 Å². The molecule has 174 valence electrons. The quantitative estimate of drug-likeness (QED) is 0.425. The molecule has 1 N–H and O–H groups in total. The summed E-state index contributed by atoms with van der Waals surface area (Å²) in [6.45, 7) is 4.52. The van der Waals surface area contributed by atoms with Crippen LogP contribution in [0.5, 0.6) is 11.5 Å². The van der Waals surface area contributed by atoms with Gasteiger partial charge in [0, 0.05) is 23.7 Å². The van der Waals surface area contributed by atoms with Gasteiger partial charge in [0.2, 0.25) is 0 Å². The van der Waals surface area contributed by atoms with Crippen molar-refractivity contribution in [2.45, 2.75) is 26.9 Å². The fraction of sp³-hybridized carbons (Fsp3) is 0.214. The zero-order chi connectivity index (χ0) is 24.2. The van der Waals surface area contributed by atoms with Gasteiger partial charge in [-0.2, -0.15) is 0 Å². The summed E-state index contributed by atoms with van der Waals surface area (Å²) in [7, 11) is 3.09. The number of rotatable bonds is 7. The first kappa shape index (κ1) is 23.1. The molecular weight excluding hydrogens is 428 g/mol. The van der Waals surface area contributed by atoms with Crippen molar-refractivity contribution in [2.24, 2.45) is 0 Å². The van der Waals surface area contributed by atoms with Gasteiger partial charge in [0.15, 0.2) is 0 Å². The molecule has 0 spiro atoms. The second kappa shape index (κ2) is 9.83. The molecule has 0 aliphatic rings. The van der Waals surface area contributed by atoms with Gasteiger partial charge in [0.1, 0.15) is 11.5 Å². The molecule has 0 aliphatic heterocycles. The summed E-state index contributed by atoms with van der Waals surface area (Å²) in [6.07, 6.45) is 0. The van der Waals surface area contributed by atoms with E-state index in [1.165, 1.54) is 0 Å². The lowest BCUT2D eigenvalue weighted by Gasteiger charge is -2.23. The maximum atomic E-state index is 13.7. The molecule has 6 nitrogen and oxygen atoms in total. The predicted octanol–water partition coefficient (Wildman–Crippen LogP) is 5.00. The lowest BCUT2D eigenvalue weighted by molar-refractivity contribution is 0.0728. The minimum absolute atomic E-state index is 0.158. The first-order valence-corrected chi connectivity index (χ1v) is 11.1. The van der Waals surface area contributed by atoms with Crippen LogP contribution in [-0.4, -0.2) is 30.0 Å². The highest BCUT2D eigenvalue weighted by Crippen LogP contribution is 2.25. The van der Waals surface area contributed by atoms with E-state index in [9.17, 15) is 9.59 Å². The Morgan fingerprint density at radius 2 is 1.56 bits per heavy atom. The Morgan fingerprint density at radius 1 is 0.882 bits per heavy atom. The summed E-state index contributed by atoms with van der Waals surface area (Å²) in [5.41, 5.74) is 4.70. The molecule has 0 saturated carbocycles. The summed E-state index contributed by atoms with van der Waals surface area (Å²) < 4.78 is 10.7. The number of benzene rings is 3. The Labute approximate surface area is 198 Å². The number of hydrogen-bond donors (Lipinski definition) is 1. The highest BCUT2D eigenvalue weighted by atomic mass is 16.5. The maximum Gasteiger partial charge on any atom is 0.254 e. The molecule has 4 aromatic rings. The van der Waals surface area contributed by atoms with E-state index < -0.39 is 0 Å². The van der Waals surface area contributed by atoms with Crippen LogP contribution in [0.1, 0.15) is 32.6 Å². The fourth-order valence-electron chi connectivity index (χ4n) is 4.01. The number of fused-ring (bicyclic) bond motifs is 1. The second-order valence-corrected chi connectivity index (χ2v) is 8.34. The molecule has 1 amide bonds. The maximum absolute atomic E-state index is 13.7.